The summed E-state index contributed by atoms with van der Waals surface area (Å²) in [5.74, 6) is 2.70. The summed E-state index contributed by atoms with van der Waals surface area (Å²) >= 11 is 0. The van der Waals surface area contributed by atoms with Crippen LogP contribution in [0.3, 0.4) is 0 Å². The summed E-state index contributed by atoms with van der Waals surface area (Å²) < 4.78 is 4.96. The molecule has 3 nitrogen and oxygen atoms in total. The summed E-state index contributed by atoms with van der Waals surface area (Å²) in [6, 6.07) is 0. The fraction of sp³-hybridized carbons (Fsp3) is 0.615. The quantitative estimate of drug-likeness (QED) is 0.474. The van der Waals surface area contributed by atoms with Crippen molar-refractivity contribution in [2.45, 2.75) is 51.6 Å². The van der Waals surface area contributed by atoms with Gasteiger partial charge in [-0.2, -0.15) is 0 Å². The van der Waals surface area contributed by atoms with E-state index in [1.807, 2.05) is 6.92 Å². The predicted octanol–water partition coefficient (Wildman–Crippen LogP) is 1.88. The van der Waals surface area contributed by atoms with Crippen LogP contribution >= 0.6 is 0 Å². The van der Waals surface area contributed by atoms with Crippen LogP contribution in [0.15, 0.2) is 11.6 Å². The minimum atomic E-state index is -1.37. The van der Waals surface area contributed by atoms with Crippen molar-refractivity contribution in [1.29, 1.82) is 0 Å². The lowest BCUT2D eigenvalue weighted by Crippen LogP contribution is -2.17. The molecule has 4 heteroatoms. The van der Waals surface area contributed by atoms with Crippen molar-refractivity contribution in [2.24, 2.45) is 0 Å². The zero-order chi connectivity index (χ0) is 13.1. The largest absolute Gasteiger partial charge is 0.455 e. The second-order valence-electron chi connectivity index (χ2n) is 5.42. The lowest BCUT2D eigenvalue weighted by Gasteiger charge is -2.07. The smallest absolute Gasteiger partial charge is 0.334 e. The molecule has 1 aliphatic rings. The van der Waals surface area contributed by atoms with Crippen LogP contribution < -0.4 is 0 Å². The molecule has 0 spiro atoms. The molecular formula is C13H20O3Si. The number of carbonyl (C=O) groups excluding carboxylic acids is 1. The number of hydrogen-bond donors (Lipinski definition) is 1. The molecule has 1 rings (SSSR count). The van der Waals surface area contributed by atoms with Gasteiger partial charge in [-0.1, -0.05) is 19.6 Å². The van der Waals surface area contributed by atoms with Crippen LogP contribution in [0, 0.1) is 11.5 Å². The van der Waals surface area contributed by atoms with E-state index in [4.69, 9.17) is 4.74 Å². The van der Waals surface area contributed by atoms with Gasteiger partial charge in [-0.25, -0.2) is 4.79 Å². The number of hydrogen-bond acceptors (Lipinski definition) is 3. The molecule has 0 fully saturated rings. The van der Waals surface area contributed by atoms with Crippen LogP contribution in [0.5, 0.6) is 0 Å². The van der Waals surface area contributed by atoms with E-state index in [1.165, 1.54) is 0 Å². The molecule has 0 saturated heterocycles. The molecule has 2 atom stereocenters. The zero-order valence-electron chi connectivity index (χ0n) is 10.9. The van der Waals surface area contributed by atoms with Gasteiger partial charge in [-0.05, 0) is 13.0 Å². The summed E-state index contributed by atoms with van der Waals surface area (Å²) in [6.07, 6.45) is 1.77. The second kappa shape index (κ2) is 5.52. The van der Waals surface area contributed by atoms with E-state index >= 15 is 0 Å². The summed E-state index contributed by atoms with van der Waals surface area (Å²) in [5, 5.41) is 9.77. The number of esters is 1. The van der Waals surface area contributed by atoms with Crippen LogP contribution in [0.1, 0.15) is 19.8 Å². The highest BCUT2D eigenvalue weighted by Crippen LogP contribution is 2.18. The number of cyclic esters (lactones) is 1. The highest BCUT2D eigenvalue weighted by Gasteiger charge is 2.23. The Morgan fingerprint density at radius 2 is 2.18 bits per heavy atom. The molecule has 0 aromatic rings. The van der Waals surface area contributed by atoms with Crippen LogP contribution in [0.25, 0.3) is 0 Å². The fourth-order valence-electron chi connectivity index (χ4n) is 1.54. The first-order valence-electron chi connectivity index (χ1n) is 5.88. The highest BCUT2D eigenvalue weighted by molar-refractivity contribution is 6.83. The first kappa shape index (κ1) is 14.0. The fourth-order valence-corrected chi connectivity index (χ4v) is 2.17. The molecule has 1 N–H and O–H groups in total. The standard InChI is InChI=1S/C13H20O3Si/c1-10-8-11(13(15)16-10)9-12(14)6-5-7-17(2,3)4/h8,10,12,14H,6,9H2,1-4H3/t10-,12-/m0/s1. The number of aliphatic hydroxyl groups excluding tert-OH is 1. The van der Waals surface area contributed by atoms with Gasteiger partial charge in [0.2, 0.25) is 0 Å². The molecule has 0 saturated carbocycles. The Morgan fingerprint density at radius 1 is 1.53 bits per heavy atom. The zero-order valence-corrected chi connectivity index (χ0v) is 11.9. The molecule has 0 aromatic carbocycles. The maximum Gasteiger partial charge on any atom is 0.334 e. The van der Waals surface area contributed by atoms with Crippen molar-refractivity contribution in [3.8, 4) is 11.5 Å². The van der Waals surface area contributed by atoms with Gasteiger partial charge in [0.1, 0.15) is 14.2 Å². The predicted molar refractivity (Wildman–Crippen MR) is 70.0 cm³/mol. The van der Waals surface area contributed by atoms with E-state index in [0.717, 1.165) is 0 Å². The van der Waals surface area contributed by atoms with Crippen molar-refractivity contribution < 1.29 is 14.6 Å². The minimum absolute atomic E-state index is 0.169. The molecule has 17 heavy (non-hydrogen) atoms. The number of carbonyl (C=O) groups is 1. The van der Waals surface area contributed by atoms with Crippen LogP contribution in [0.2, 0.25) is 19.6 Å². The Balaban J connectivity index is 2.45. The monoisotopic (exact) mass is 252 g/mol. The molecule has 0 aliphatic carbocycles. The molecule has 0 amide bonds. The normalized spacial score (nSPS) is 21.4. The van der Waals surface area contributed by atoms with Crippen molar-refractivity contribution >= 4 is 14.0 Å². The van der Waals surface area contributed by atoms with E-state index in [1.54, 1.807) is 6.08 Å². The number of ether oxygens (including phenoxy) is 1. The van der Waals surface area contributed by atoms with Gasteiger partial charge < -0.3 is 9.84 Å². The van der Waals surface area contributed by atoms with Gasteiger partial charge in [0.25, 0.3) is 0 Å². The summed E-state index contributed by atoms with van der Waals surface area (Å²) in [6.45, 7) is 8.28. The van der Waals surface area contributed by atoms with E-state index in [0.29, 0.717) is 18.4 Å². The average molecular weight is 252 g/mol. The van der Waals surface area contributed by atoms with Crippen LogP contribution in [-0.2, 0) is 9.53 Å². The van der Waals surface area contributed by atoms with Gasteiger partial charge in [0.15, 0.2) is 0 Å². The van der Waals surface area contributed by atoms with Crippen molar-refractivity contribution in [3.63, 3.8) is 0 Å². The van der Waals surface area contributed by atoms with E-state index in [-0.39, 0.29) is 12.1 Å². The maximum atomic E-state index is 11.3. The lowest BCUT2D eigenvalue weighted by molar-refractivity contribution is -0.139. The van der Waals surface area contributed by atoms with Gasteiger partial charge in [-0.3, -0.25) is 0 Å². The molecule has 94 valence electrons. The first-order valence-corrected chi connectivity index (χ1v) is 9.38. The van der Waals surface area contributed by atoms with E-state index < -0.39 is 14.2 Å². The third-order valence-electron chi connectivity index (χ3n) is 2.25. The Hall–Kier alpha value is -1.05. The molecular weight excluding hydrogens is 232 g/mol. The van der Waals surface area contributed by atoms with Crippen molar-refractivity contribution in [2.75, 3.05) is 0 Å². The Bertz CT molecular complexity index is 382. The van der Waals surface area contributed by atoms with E-state index in [2.05, 4.69) is 31.1 Å². The minimum Gasteiger partial charge on any atom is -0.455 e. The average Bonchev–Trinajstić information content (AvgIpc) is 2.42. The summed E-state index contributed by atoms with van der Waals surface area (Å²) in [4.78, 5) is 11.3. The molecule has 0 aromatic heterocycles. The second-order valence-corrected chi connectivity index (χ2v) is 10.2. The van der Waals surface area contributed by atoms with Gasteiger partial charge >= 0.3 is 5.97 Å². The van der Waals surface area contributed by atoms with Crippen molar-refractivity contribution in [3.05, 3.63) is 11.6 Å². The van der Waals surface area contributed by atoms with Crippen LogP contribution in [-0.4, -0.2) is 31.4 Å². The third kappa shape index (κ3) is 5.20. The van der Waals surface area contributed by atoms with Gasteiger partial charge in [0.05, 0.1) is 6.10 Å². The highest BCUT2D eigenvalue weighted by atomic mass is 28.3. The summed E-state index contributed by atoms with van der Waals surface area (Å²) in [7, 11) is -1.37. The molecule has 0 unspecified atom stereocenters. The Labute approximate surface area is 104 Å². The molecule has 1 heterocycles. The summed E-state index contributed by atoms with van der Waals surface area (Å²) in [5.41, 5.74) is 3.76. The topological polar surface area (TPSA) is 46.5 Å². The van der Waals surface area contributed by atoms with Crippen LogP contribution in [0.4, 0.5) is 0 Å². The number of rotatable bonds is 3. The third-order valence-corrected chi connectivity index (χ3v) is 3.17. The molecule has 0 bridgehead atoms. The molecule has 1 aliphatic heterocycles. The Morgan fingerprint density at radius 3 is 2.65 bits per heavy atom. The SMILES string of the molecule is C[C@H]1C=C(C[C@@H](O)CC#C[Si](C)(C)C)C(=O)O1. The first-order chi connectivity index (χ1) is 7.78. The number of aliphatic hydroxyl groups is 1. The van der Waals surface area contributed by atoms with E-state index in [9.17, 15) is 9.90 Å². The van der Waals surface area contributed by atoms with Crippen molar-refractivity contribution in [1.82, 2.24) is 0 Å². The maximum absolute atomic E-state index is 11.3. The Kier molecular flexibility index (Phi) is 4.55. The lowest BCUT2D eigenvalue weighted by atomic mass is 10.1. The van der Waals surface area contributed by atoms with Gasteiger partial charge in [0, 0.05) is 18.4 Å². The molecule has 0 radical (unpaired) electrons. The van der Waals surface area contributed by atoms with Gasteiger partial charge in [-0.15, -0.1) is 11.5 Å².